The molecule has 8 heteroatoms. The Hall–Kier alpha value is -2.28. The molecule has 134 valence electrons. The highest BCUT2D eigenvalue weighted by Crippen LogP contribution is 2.29. The predicted octanol–water partition coefficient (Wildman–Crippen LogP) is 4.87. The van der Waals surface area contributed by atoms with E-state index in [2.05, 4.69) is 9.93 Å². The molecule has 2 aromatic carbocycles. The SMILES string of the molecule is Cc1ccc(S(=O)(=O)N/N=C/c2ccc(-c3ccc(Cl)c(Cl)c3)o2)cc1. The molecule has 1 heterocycles. The number of halogens is 2. The van der Waals surface area contributed by atoms with Crippen LogP contribution in [0.15, 0.2) is 69.0 Å². The standard InChI is InChI=1S/C18H14Cl2N2O3S/c1-12-2-6-15(7-3-12)26(23,24)22-21-11-14-5-9-18(25-14)13-4-8-16(19)17(20)10-13/h2-11,22H,1H3/b21-11+. The van der Waals surface area contributed by atoms with Crippen LogP contribution in [-0.4, -0.2) is 14.6 Å². The second-order valence-corrected chi connectivity index (χ2v) is 7.97. The minimum atomic E-state index is -3.72. The van der Waals surface area contributed by atoms with Crippen molar-refractivity contribution in [1.29, 1.82) is 0 Å². The van der Waals surface area contributed by atoms with Crippen LogP contribution in [0, 0.1) is 6.92 Å². The molecule has 3 aromatic rings. The first-order valence-electron chi connectivity index (χ1n) is 7.52. The Bertz CT molecular complexity index is 1060. The van der Waals surface area contributed by atoms with Crippen LogP contribution in [-0.2, 0) is 10.0 Å². The topological polar surface area (TPSA) is 71.7 Å². The molecule has 0 radical (unpaired) electrons. The number of aryl methyl sites for hydroxylation is 1. The van der Waals surface area contributed by atoms with Crippen LogP contribution >= 0.6 is 23.2 Å². The average molecular weight is 409 g/mol. The fourth-order valence-electron chi connectivity index (χ4n) is 2.16. The average Bonchev–Trinajstić information content (AvgIpc) is 3.06. The van der Waals surface area contributed by atoms with Crippen LogP contribution in [0.1, 0.15) is 11.3 Å². The van der Waals surface area contributed by atoms with Crippen LogP contribution in [0.3, 0.4) is 0 Å². The Balaban J connectivity index is 1.72. The zero-order valence-electron chi connectivity index (χ0n) is 13.6. The highest BCUT2D eigenvalue weighted by Gasteiger charge is 2.12. The Morgan fingerprint density at radius 2 is 1.73 bits per heavy atom. The van der Waals surface area contributed by atoms with Gasteiger partial charge in [-0.2, -0.15) is 18.4 Å². The van der Waals surface area contributed by atoms with E-state index in [0.717, 1.165) is 11.1 Å². The summed E-state index contributed by atoms with van der Waals surface area (Å²) < 4.78 is 29.9. The van der Waals surface area contributed by atoms with Gasteiger partial charge in [0.1, 0.15) is 11.5 Å². The predicted molar refractivity (Wildman–Crippen MR) is 103 cm³/mol. The number of furan rings is 1. The van der Waals surface area contributed by atoms with E-state index in [4.69, 9.17) is 27.6 Å². The summed E-state index contributed by atoms with van der Waals surface area (Å²) in [5.41, 5.74) is 1.72. The van der Waals surface area contributed by atoms with E-state index in [1.54, 1.807) is 42.5 Å². The lowest BCUT2D eigenvalue weighted by Gasteiger charge is -2.03. The number of nitrogens with zero attached hydrogens (tertiary/aromatic N) is 1. The maximum atomic E-state index is 12.1. The first kappa shape index (κ1) is 18.5. The van der Waals surface area contributed by atoms with Gasteiger partial charge in [-0.1, -0.05) is 40.9 Å². The summed E-state index contributed by atoms with van der Waals surface area (Å²) in [5, 5.41) is 4.62. The fourth-order valence-corrected chi connectivity index (χ4v) is 3.25. The molecule has 5 nitrogen and oxygen atoms in total. The lowest BCUT2D eigenvalue weighted by molar-refractivity contribution is 0.573. The molecule has 0 atom stereocenters. The molecular formula is C18H14Cl2N2O3S. The largest absolute Gasteiger partial charge is 0.455 e. The number of hydrazone groups is 1. The van der Waals surface area contributed by atoms with Gasteiger partial charge >= 0.3 is 0 Å². The summed E-state index contributed by atoms with van der Waals surface area (Å²) in [7, 11) is -3.72. The van der Waals surface area contributed by atoms with E-state index in [-0.39, 0.29) is 4.90 Å². The van der Waals surface area contributed by atoms with Gasteiger partial charge in [0.15, 0.2) is 0 Å². The molecule has 0 saturated heterocycles. The van der Waals surface area contributed by atoms with Crippen molar-refractivity contribution < 1.29 is 12.8 Å². The third kappa shape index (κ3) is 4.27. The first-order valence-corrected chi connectivity index (χ1v) is 9.76. The fraction of sp³-hybridized carbons (Fsp3) is 0.0556. The van der Waals surface area contributed by atoms with Gasteiger partial charge in [-0.05, 0) is 49.4 Å². The van der Waals surface area contributed by atoms with Crippen LogP contribution in [0.25, 0.3) is 11.3 Å². The number of hydrogen-bond acceptors (Lipinski definition) is 4. The molecule has 0 saturated carbocycles. The zero-order valence-corrected chi connectivity index (χ0v) is 15.9. The Kier molecular flexibility index (Phi) is 5.36. The van der Waals surface area contributed by atoms with Gasteiger partial charge in [0.2, 0.25) is 0 Å². The summed E-state index contributed by atoms with van der Waals surface area (Å²) in [5.74, 6) is 0.948. The van der Waals surface area contributed by atoms with Crippen molar-refractivity contribution in [2.45, 2.75) is 11.8 Å². The summed E-state index contributed by atoms with van der Waals surface area (Å²) in [6.45, 7) is 1.88. The summed E-state index contributed by atoms with van der Waals surface area (Å²) >= 11 is 11.9. The van der Waals surface area contributed by atoms with Crippen molar-refractivity contribution in [2.24, 2.45) is 5.10 Å². The third-order valence-electron chi connectivity index (χ3n) is 3.53. The number of benzene rings is 2. The van der Waals surface area contributed by atoms with Gasteiger partial charge in [-0.15, -0.1) is 0 Å². The molecule has 0 fully saturated rings. The van der Waals surface area contributed by atoms with Gasteiger partial charge < -0.3 is 4.42 Å². The lowest BCUT2D eigenvalue weighted by Crippen LogP contribution is -2.18. The van der Waals surface area contributed by atoms with Gasteiger partial charge in [-0.25, -0.2) is 0 Å². The molecule has 0 aliphatic carbocycles. The van der Waals surface area contributed by atoms with Gasteiger partial charge in [-0.3, -0.25) is 0 Å². The molecule has 26 heavy (non-hydrogen) atoms. The van der Waals surface area contributed by atoms with Gasteiger partial charge in [0, 0.05) is 5.56 Å². The van der Waals surface area contributed by atoms with E-state index in [0.29, 0.717) is 21.6 Å². The van der Waals surface area contributed by atoms with Crippen LogP contribution < -0.4 is 4.83 Å². The Morgan fingerprint density at radius 3 is 2.42 bits per heavy atom. The zero-order chi connectivity index (χ0) is 18.7. The van der Waals surface area contributed by atoms with Crippen molar-refractivity contribution in [3.63, 3.8) is 0 Å². The highest BCUT2D eigenvalue weighted by molar-refractivity contribution is 7.89. The normalized spacial score (nSPS) is 11.8. The molecule has 0 spiro atoms. The number of hydrogen-bond donors (Lipinski definition) is 1. The number of nitrogens with one attached hydrogen (secondary N) is 1. The smallest absolute Gasteiger partial charge is 0.276 e. The van der Waals surface area contributed by atoms with E-state index < -0.39 is 10.0 Å². The quantitative estimate of drug-likeness (QED) is 0.483. The second-order valence-electron chi connectivity index (χ2n) is 5.50. The molecule has 1 aromatic heterocycles. The molecular weight excluding hydrogens is 395 g/mol. The van der Waals surface area contributed by atoms with Crippen LogP contribution in [0.2, 0.25) is 10.0 Å². The van der Waals surface area contributed by atoms with Gasteiger partial charge in [0.25, 0.3) is 10.0 Å². The van der Waals surface area contributed by atoms with E-state index in [9.17, 15) is 8.42 Å². The lowest BCUT2D eigenvalue weighted by atomic mass is 10.2. The summed E-state index contributed by atoms with van der Waals surface area (Å²) in [6.07, 6.45) is 1.28. The van der Waals surface area contributed by atoms with Crippen molar-refractivity contribution >= 4 is 39.4 Å². The molecule has 0 aliphatic heterocycles. The van der Waals surface area contributed by atoms with E-state index >= 15 is 0 Å². The van der Waals surface area contributed by atoms with Crippen LogP contribution in [0.5, 0.6) is 0 Å². The van der Waals surface area contributed by atoms with Crippen molar-refractivity contribution in [2.75, 3.05) is 0 Å². The van der Waals surface area contributed by atoms with E-state index in [1.165, 1.54) is 18.3 Å². The molecule has 0 amide bonds. The Labute approximate surface area is 161 Å². The molecule has 0 unspecified atom stereocenters. The summed E-state index contributed by atoms with van der Waals surface area (Å²) in [4.78, 5) is 2.29. The molecule has 3 rings (SSSR count). The monoisotopic (exact) mass is 408 g/mol. The van der Waals surface area contributed by atoms with Crippen LogP contribution in [0.4, 0.5) is 0 Å². The number of sulfonamides is 1. The molecule has 0 aliphatic rings. The number of rotatable bonds is 5. The first-order chi connectivity index (χ1) is 12.3. The molecule has 0 bridgehead atoms. The Morgan fingerprint density at radius 1 is 1.00 bits per heavy atom. The second kappa shape index (κ2) is 7.53. The maximum Gasteiger partial charge on any atom is 0.276 e. The third-order valence-corrected chi connectivity index (χ3v) is 5.50. The maximum absolute atomic E-state index is 12.1. The van der Waals surface area contributed by atoms with Crippen molar-refractivity contribution in [3.8, 4) is 11.3 Å². The van der Waals surface area contributed by atoms with Crippen molar-refractivity contribution in [1.82, 2.24) is 4.83 Å². The minimum absolute atomic E-state index is 0.135. The van der Waals surface area contributed by atoms with Crippen molar-refractivity contribution in [3.05, 3.63) is 76.0 Å². The van der Waals surface area contributed by atoms with E-state index in [1.807, 2.05) is 6.92 Å². The molecule has 1 N–H and O–H groups in total. The minimum Gasteiger partial charge on any atom is -0.455 e. The summed E-state index contributed by atoms with van der Waals surface area (Å²) in [6, 6.07) is 15.0. The van der Waals surface area contributed by atoms with Gasteiger partial charge in [0.05, 0.1) is 21.2 Å². The highest BCUT2D eigenvalue weighted by atomic mass is 35.5.